The lowest BCUT2D eigenvalue weighted by Gasteiger charge is -2.25. The van der Waals surface area contributed by atoms with Crippen LogP contribution in [0.5, 0.6) is 5.75 Å². The van der Waals surface area contributed by atoms with E-state index in [-0.39, 0.29) is 11.7 Å². The number of aromatic hydroxyl groups is 1. The number of halogens is 1. The Bertz CT molecular complexity index is 948. The van der Waals surface area contributed by atoms with Crippen molar-refractivity contribution in [3.05, 3.63) is 76.3 Å². The highest BCUT2D eigenvalue weighted by atomic mass is 79.9. The standard InChI is InChI=1S/C22H23BrN2O6/c1-14(7-5-6-10-19(27)25-30)20(17-13-16(23)11-12-18(17)26)31-22(29)24-21(28)15-8-3-2-4-9-15/h2-4,6,8-14,20,26,30H,5,7H2,1H3,(H,25,27)(H,24,28,29)/b10-6+/t14-,20-/m0/s1. The van der Waals surface area contributed by atoms with Gasteiger partial charge in [0.2, 0.25) is 0 Å². The van der Waals surface area contributed by atoms with E-state index in [1.54, 1.807) is 48.5 Å². The van der Waals surface area contributed by atoms with Crippen molar-refractivity contribution >= 4 is 33.8 Å². The topological polar surface area (TPSA) is 125 Å². The minimum Gasteiger partial charge on any atom is -0.508 e. The molecule has 0 heterocycles. The van der Waals surface area contributed by atoms with Gasteiger partial charge in [-0.2, -0.15) is 0 Å². The molecule has 8 nitrogen and oxygen atoms in total. The van der Waals surface area contributed by atoms with Crippen molar-refractivity contribution in [1.82, 2.24) is 10.8 Å². The number of carbonyl (C=O) groups excluding carboxylic acids is 3. The first-order valence-corrected chi connectivity index (χ1v) is 10.3. The Labute approximate surface area is 188 Å². The number of hydrogen-bond acceptors (Lipinski definition) is 6. The number of hydrogen-bond donors (Lipinski definition) is 4. The first-order valence-electron chi connectivity index (χ1n) is 9.47. The molecule has 0 aliphatic heterocycles. The van der Waals surface area contributed by atoms with Gasteiger partial charge in [0, 0.05) is 21.7 Å². The van der Waals surface area contributed by atoms with Crippen LogP contribution in [0.1, 0.15) is 41.8 Å². The van der Waals surface area contributed by atoms with Gasteiger partial charge in [0.1, 0.15) is 11.9 Å². The molecule has 0 spiro atoms. The zero-order valence-corrected chi connectivity index (χ0v) is 18.3. The second kappa shape index (κ2) is 11.9. The number of alkyl carbamates (subject to hydrolysis) is 1. The van der Waals surface area contributed by atoms with Gasteiger partial charge in [0.05, 0.1) is 0 Å². The molecule has 0 bridgehead atoms. The van der Waals surface area contributed by atoms with E-state index in [0.29, 0.717) is 28.4 Å². The number of amides is 3. The van der Waals surface area contributed by atoms with Gasteiger partial charge in [0.25, 0.3) is 11.8 Å². The van der Waals surface area contributed by atoms with Crippen molar-refractivity contribution in [2.45, 2.75) is 25.9 Å². The normalized spacial score (nSPS) is 12.7. The van der Waals surface area contributed by atoms with Crippen molar-refractivity contribution < 1.29 is 29.4 Å². The number of nitrogens with one attached hydrogen (secondary N) is 2. The summed E-state index contributed by atoms with van der Waals surface area (Å²) in [5, 5.41) is 21.0. The van der Waals surface area contributed by atoms with Gasteiger partial charge in [-0.25, -0.2) is 10.3 Å². The van der Waals surface area contributed by atoms with Crippen molar-refractivity contribution in [1.29, 1.82) is 0 Å². The third-order valence-electron chi connectivity index (χ3n) is 4.47. The van der Waals surface area contributed by atoms with E-state index in [1.165, 1.54) is 17.6 Å². The Balaban J connectivity index is 2.14. The van der Waals surface area contributed by atoms with Gasteiger partial charge in [-0.3, -0.25) is 20.1 Å². The molecule has 2 aromatic rings. The van der Waals surface area contributed by atoms with Crippen LogP contribution in [0.2, 0.25) is 0 Å². The van der Waals surface area contributed by atoms with E-state index in [2.05, 4.69) is 21.2 Å². The summed E-state index contributed by atoms with van der Waals surface area (Å²) in [5.41, 5.74) is 2.18. The van der Waals surface area contributed by atoms with Crippen LogP contribution in [0.3, 0.4) is 0 Å². The lowest BCUT2D eigenvalue weighted by Crippen LogP contribution is -2.33. The Morgan fingerprint density at radius 2 is 1.87 bits per heavy atom. The second-order valence-corrected chi connectivity index (χ2v) is 7.70. The highest BCUT2D eigenvalue weighted by Crippen LogP contribution is 2.36. The number of phenols is 1. The Morgan fingerprint density at radius 1 is 1.16 bits per heavy atom. The van der Waals surface area contributed by atoms with Gasteiger partial charge in [0.15, 0.2) is 0 Å². The third kappa shape index (κ3) is 7.54. The zero-order valence-electron chi connectivity index (χ0n) is 16.7. The maximum Gasteiger partial charge on any atom is 0.414 e. The molecule has 0 unspecified atom stereocenters. The fraction of sp³-hybridized carbons (Fsp3) is 0.227. The van der Waals surface area contributed by atoms with E-state index < -0.39 is 24.0 Å². The number of carbonyl (C=O) groups is 3. The fourth-order valence-electron chi connectivity index (χ4n) is 2.88. The number of imide groups is 1. The van der Waals surface area contributed by atoms with Gasteiger partial charge in [-0.05, 0) is 49.1 Å². The molecule has 2 atom stereocenters. The molecule has 2 rings (SSSR count). The molecule has 31 heavy (non-hydrogen) atoms. The molecule has 3 amide bonds. The van der Waals surface area contributed by atoms with Crippen molar-refractivity contribution in [3.63, 3.8) is 0 Å². The molecule has 0 aromatic heterocycles. The van der Waals surface area contributed by atoms with Gasteiger partial charge >= 0.3 is 6.09 Å². The van der Waals surface area contributed by atoms with Crippen LogP contribution in [0.15, 0.2) is 65.2 Å². The van der Waals surface area contributed by atoms with Crippen LogP contribution in [0.25, 0.3) is 0 Å². The van der Waals surface area contributed by atoms with Crippen LogP contribution in [-0.4, -0.2) is 28.2 Å². The number of phenolic OH excluding ortho intramolecular Hbond substituents is 1. The number of ether oxygens (including phenoxy) is 1. The van der Waals surface area contributed by atoms with Gasteiger partial charge in [-0.15, -0.1) is 0 Å². The molecular formula is C22H23BrN2O6. The summed E-state index contributed by atoms with van der Waals surface area (Å²) in [6.45, 7) is 1.82. The predicted octanol–water partition coefficient (Wildman–Crippen LogP) is 4.24. The second-order valence-electron chi connectivity index (χ2n) is 6.78. The summed E-state index contributed by atoms with van der Waals surface area (Å²) in [4.78, 5) is 35.7. The largest absolute Gasteiger partial charge is 0.508 e. The van der Waals surface area contributed by atoms with Crippen LogP contribution in [0, 0.1) is 5.92 Å². The Morgan fingerprint density at radius 3 is 2.55 bits per heavy atom. The molecule has 0 saturated carbocycles. The van der Waals surface area contributed by atoms with Crippen molar-refractivity contribution in [3.8, 4) is 5.75 Å². The number of hydroxylamine groups is 1. The Hall–Kier alpha value is -3.17. The summed E-state index contributed by atoms with van der Waals surface area (Å²) in [5.74, 6) is -1.59. The maximum atomic E-state index is 12.4. The number of benzene rings is 2. The molecule has 0 fully saturated rings. The average molecular weight is 491 g/mol. The molecule has 4 N–H and O–H groups in total. The lowest BCUT2D eigenvalue weighted by atomic mass is 9.92. The zero-order chi connectivity index (χ0) is 22.8. The predicted molar refractivity (Wildman–Crippen MR) is 116 cm³/mol. The highest BCUT2D eigenvalue weighted by molar-refractivity contribution is 9.10. The van der Waals surface area contributed by atoms with Crippen LogP contribution >= 0.6 is 15.9 Å². The molecule has 0 radical (unpaired) electrons. The molecule has 2 aromatic carbocycles. The van der Waals surface area contributed by atoms with E-state index in [1.807, 2.05) is 6.92 Å². The smallest absolute Gasteiger partial charge is 0.414 e. The fourth-order valence-corrected chi connectivity index (χ4v) is 3.26. The minimum atomic E-state index is -0.944. The lowest BCUT2D eigenvalue weighted by molar-refractivity contribution is -0.124. The van der Waals surface area contributed by atoms with E-state index in [0.717, 1.165) is 0 Å². The summed E-state index contributed by atoms with van der Waals surface area (Å²) in [6, 6.07) is 13.0. The van der Waals surface area contributed by atoms with E-state index in [4.69, 9.17) is 9.94 Å². The van der Waals surface area contributed by atoms with Crippen LogP contribution < -0.4 is 10.8 Å². The summed E-state index contributed by atoms with van der Waals surface area (Å²) >= 11 is 3.34. The SMILES string of the molecule is C[C@@H](CC/C=C/C(=O)NO)[C@H](OC(=O)NC(=O)c1ccccc1)c1cc(Br)ccc1O. The third-order valence-corrected chi connectivity index (χ3v) is 4.96. The molecular weight excluding hydrogens is 468 g/mol. The van der Waals surface area contributed by atoms with E-state index in [9.17, 15) is 19.5 Å². The molecule has 0 aliphatic carbocycles. The molecule has 0 aliphatic rings. The maximum absolute atomic E-state index is 12.4. The monoisotopic (exact) mass is 490 g/mol. The highest BCUT2D eigenvalue weighted by Gasteiger charge is 2.27. The number of rotatable bonds is 8. The van der Waals surface area contributed by atoms with Crippen molar-refractivity contribution in [2.24, 2.45) is 5.92 Å². The first-order chi connectivity index (χ1) is 14.8. The molecule has 9 heteroatoms. The first kappa shape index (κ1) is 24.1. The minimum absolute atomic E-state index is 0.0579. The van der Waals surface area contributed by atoms with Gasteiger partial charge in [-0.1, -0.05) is 47.1 Å². The molecule has 0 saturated heterocycles. The summed E-state index contributed by atoms with van der Waals surface area (Å²) in [6.07, 6.45) is 1.89. The quantitative estimate of drug-likeness (QED) is 0.249. The van der Waals surface area contributed by atoms with Crippen LogP contribution in [-0.2, 0) is 9.53 Å². The van der Waals surface area contributed by atoms with Crippen LogP contribution in [0.4, 0.5) is 4.79 Å². The Kier molecular flexibility index (Phi) is 9.23. The van der Waals surface area contributed by atoms with E-state index >= 15 is 0 Å². The van der Waals surface area contributed by atoms with Gasteiger partial charge < -0.3 is 9.84 Å². The summed E-state index contributed by atoms with van der Waals surface area (Å²) in [7, 11) is 0. The average Bonchev–Trinajstić information content (AvgIpc) is 2.77. The number of allylic oxidation sites excluding steroid dienone is 1. The molecule has 164 valence electrons. The summed E-state index contributed by atoms with van der Waals surface area (Å²) < 4.78 is 6.21. The van der Waals surface area contributed by atoms with Crippen molar-refractivity contribution in [2.75, 3.05) is 0 Å².